The zero-order valence-electron chi connectivity index (χ0n) is 25.3. The van der Waals surface area contributed by atoms with Crippen LogP contribution in [0.2, 0.25) is 0 Å². The highest BCUT2D eigenvalue weighted by Crippen LogP contribution is 2.18. The van der Waals surface area contributed by atoms with Gasteiger partial charge in [0.05, 0.1) is 6.04 Å². The minimum absolute atomic E-state index is 0.0969. The predicted octanol–water partition coefficient (Wildman–Crippen LogP) is 3.77. The highest BCUT2D eigenvalue weighted by molar-refractivity contribution is 5.98. The second kappa shape index (κ2) is 16.6. The fourth-order valence-electron chi connectivity index (χ4n) is 5.19. The van der Waals surface area contributed by atoms with Crippen LogP contribution >= 0.6 is 0 Å². The van der Waals surface area contributed by atoms with Crippen molar-refractivity contribution in [2.75, 3.05) is 43.4 Å². The molecule has 1 saturated heterocycles. The van der Waals surface area contributed by atoms with Gasteiger partial charge in [-0.3, -0.25) is 14.5 Å². The molecule has 2 aromatic rings. The van der Waals surface area contributed by atoms with E-state index < -0.39 is 6.04 Å². The molecule has 43 heavy (non-hydrogen) atoms. The molecular formula is C33H46N8O2. The first-order valence-corrected chi connectivity index (χ1v) is 15.4. The number of hydrogen-bond donors (Lipinski definition) is 5. The Morgan fingerprint density at radius 1 is 1.09 bits per heavy atom. The summed E-state index contributed by atoms with van der Waals surface area (Å²) in [7, 11) is 0. The molecule has 1 atom stereocenters. The van der Waals surface area contributed by atoms with Gasteiger partial charge in [-0.15, -0.1) is 0 Å². The number of carbonyl (C=O) groups excluding carboxylic acids is 2. The number of amides is 2. The lowest BCUT2D eigenvalue weighted by molar-refractivity contribution is -0.122. The molecule has 1 unspecified atom stereocenters. The summed E-state index contributed by atoms with van der Waals surface area (Å²) in [6.07, 6.45) is 12.3. The predicted molar refractivity (Wildman–Crippen MR) is 173 cm³/mol. The Morgan fingerprint density at radius 3 is 2.65 bits per heavy atom. The van der Waals surface area contributed by atoms with E-state index in [1.54, 1.807) is 6.20 Å². The molecule has 1 aromatic heterocycles. The van der Waals surface area contributed by atoms with E-state index in [-0.39, 0.29) is 17.9 Å². The molecule has 0 spiro atoms. The lowest BCUT2D eigenvalue weighted by Crippen LogP contribution is -2.44. The van der Waals surface area contributed by atoms with Crippen molar-refractivity contribution in [1.29, 1.82) is 0 Å². The number of nitrogens with one attached hydrogen (secondary N) is 4. The lowest BCUT2D eigenvalue weighted by atomic mass is 10.0. The number of likely N-dealkylation sites (tertiary alicyclic amines) is 1. The molecule has 0 radical (unpaired) electrons. The molecule has 2 aliphatic rings. The third-order valence-corrected chi connectivity index (χ3v) is 7.72. The van der Waals surface area contributed by atoms with E-state index in [2.05, 4.69) is 80.0 Å². The Bertz CT molecular complexity index is 1290. The maximum absolute atomic E-state index is 13.4. The van der Waals surface area contributed by atoms with Gasteiger partial charge in [0.2, 0.25) is 11.9 Å². The van der Waals surface area contributed by atoms with Crippen molar-refractivity contribution < 1.29 is 9.59 Å². The minimum atomic E-state index is -0.582. The molecule has 10 heteroatoms. The second-order valence-electron chi connectivity index (χ2n) is 11.2. The van der Waals surface area contributed by atoms with Crippen LogP contribution in [0.25, 0.3) is 0 Å². The van der Waals surface area contributed by atoms with Crippen LogP contribution in [-0.4, -0.2) is 71.5 Å². The van der Waals surface area contributed by atoms with E-state index in [1.165, 1.54) is 5.56 Å². The molecule has 2 aliphatic heterocycles. The van der Waals surface area contributed by atoms with Crippen molar-refractivity contribution in [1.82, 2.24) is 25.5 Å². The van der Waals surface area contributed by atoms with E-state index in [4.69, 9.17) is 5.73 Å². The van der Waals surface area contributed by atoms with Gasteiger partial charge >= 0.3 is 0 Å². The highest BCUT2D eigenvalue weighted by Gasteiger charge is 2.23. The van der Waals surface area contributed by atoms with Gasteiger partial charge in [0.25, 0.3) is 5.91 Å². The van der Waals surface area contributed by atoms with Gasteiger partial charge in [-0.2, -0.15) is 4.98 Å². The van der Waals surface area contributed by atoms with Crippen LogP contribution < -0.4 is 27.0 Å². The number of anilines is 2. The monoisotopic (exact) mass is 586 g/mol. The number of allylic oxidation sites excluding steroid dienone is 1. The number of aromatic nitrogens is 2. The van der Waals surface area contributed by atoms with E-state index >= 15 is 0 Å². The van der Waals surface area contributed by atoms with Gasteiger partial charge in [-0.25, -0.2) is 4.98 Å². The van der Waals surface area contributed by atoms with Gasteiger partial charge in [0, 0.05) is 51.5 Å². The first kappa shape index (κ1) is 31.9. The normalized spacial score (nSPS) is 20.8. The number of rotatable bonds is 5. The summed E-state index contributed by atoms with van der Waals surface area (Å²) >= 11 is 0. The number of nitrogens with two attached hydrogens (primary N) is 1. The van der Waals surface area contributed by atoms with Gasteiger partial charge in [0.15, 0.2) is 0 Å². The number of benzene rings is 1. The Hall–Kier alpha value is -4.02. The second-order valence-corrected chi connectivity index (χ2v) is 11.2. The first-order chi connectivity index (χ1) is 20.9. The topological polar surface area (TPSA) is 137 Å². The largest absolute Gasteiger partial charge is 0.369 e. The van der Waals surface area contributed by atoms with Gasteiger partial charge in [-0.1, -0.05) is 62.1 Å². The molecule has 0 aliphatic carbocycles. The van der Waals surface area contributed by atoms with Crippen molar-refractivity contribution in [2.24, 2.45) is 5.73 Å². The van der Waals surface area contributed by atoms with Crippen molar-refractivity contribution in [3.05, 3.63) is 83.6 Å². The zero-order valence-corrected chi connectivity index (χ0v) is 25.3. The third kappa shape index (κ3) is 10.3. The summed E-state index contributed by atoms with van der Waals surface area (Å²) in [4.78, 5) is 37.4. The maximum Gasteiger partial charge on any atom is 0.256 e. The molecule has 0 saturated carbocycles. The van der Waals surface area contributed by atoms with Crippen molar-refractivity contribution in [3.8, 4) is 0 Å². The fourth-order valence-corrected chi connectivity index (χ4v) is 5.19. The third-order valence-electron chi connectivity index (χ3n) is 7.72. The summed E-state index contributed by atoms with van der Waals surface area (Å²) in [6.45, 7) is 10.3. The summed E-state index contributed by atoms with van der Waals surface area (Å²) in [6, 6.07) is 9.99. The molecule has 6 N–H and O–H groups in total. The zero-order chi connectivity index (χ0) is 30.4. The van der Waals surface area contributed by atoms with Gasteiger partial charge in [-0.05, 0) is 55.2 Å². The molecule has 2 bridgehead atoms. The summed E-state index contributed by atoms with van der Waals surface area (Å²) in [5.41, 5.74) is 9.65. The van der Waals surface area contributed by atoms with E-state index in [1.807, 2.05) is 18.2 Å². The van der Waals surface area contributed by atoms with Crippen LogP contribution in [0.1, 0.15) is 61.4 Å². The molecule has 3 heterocycles. The van der Waals surface area contributed by atoms with Crippen LogP contribution in [0, 0.1) is 0 Å². The van der Waals surface area contributed by atoms with Gasteiger partial charge < -0.3 is 27.0 Å². The smallest absolute Gasteiger partial charge is 0.256 e. The van der Waals surface area contributed by atoms with Crippen LogP contribution in [0.4, 0.5) is 11.8 Å². The molecule has 1 fully saturated rings. The fraction of sp³-hybridized carbons (Fsp3) is 0.455. The standard InChI is InChI=1S/C33H46N8O2/c1-3-9-25-14-13-24(2)20-36-32(43)29(34)12-7-8-17-35-30-28(22-38-33(40-30)37-21-25)31(42)39-27-15-18-41(19-16-27)23-26-10-5-4-6-11-26/h4-6,9-11,13-14,22,27,29H,2-3,7-8,12,15-21,23,34H2,1H3,(H,36,43)(H,39,42)(H2,35,37,38,40). The summed E-state index contributed by atoms with van der Waals surface area (Å²) in [5, 5.41) is 12.7. The van der Waals surface area contributed by atoms with Crippen molar-refractivity contribution in [3.63, 3.8) is 0 Å². The van der Waals surface area contributed by atoms with E-state index in [0.717, 1.165) is 62.9 Å². The highest BCUT2D eigenvalue weighted by atomic mass is 16.2. The SMILES string of the molecule is C=C1C=CC(=CCC)CNc2ncc(C(=O)NC3CCN(Cc4ccccc4)CC3)c(n2)NCCCCC(N)C(=O)NC1. The van der Waals surface area contributed by atoms with E-state index in [9.17, 15) is 9.59 Å². The molecule has 10 nitrogen and oxygen atoms in total. The number of hydrogen-bond acceptors (Lipinski definition) is 8. The average Bonchev–Trinajstić information content (AvgIpc) is 3.02. The van der Waals surface area contributed by atoms with Crippen LogP contribution in [-0.2, 0) is 11.3 Å². The summed E-state index contributed by atoms with van der Waals surface area (Å²) < 4.78 is 0. The maximum atomic E-state index is 13.4. The Kier molecular flexibility index (Phi) is 12.3. The Labute approximate surface area is 255 Å². The van der Waals surface area contributed by atoms with Crippen molar-refractivity contribution in [2.45, 2.75) is 64.1 Å². The van der Waals surface area contributed by atoms with E-state index in [0.29, 0.717) is 43.4 Å². The van der Waals surface area contributed by atoms with Crippen LogP contribution in [0.15, 0.2) is 72.5 Å². The number of nitrogens with zero attached hydrogens (tertiary/aromatic N) is 3. The first-order valence-electron chi connectivity index (χ1n) is 15.4. The molecule has 230 valence electrons. The summed E-state index contributed by atoms with van der Waals surface area (Å²) in [5.74, 6) is 0.576. The van der Waals surface area contributed by atoms with Crippen LogP contribution in [0.3, 0.4) is 0 Å². The Morgan fingerprint density at radius 2 is 1.88 bits per heavy atom. The number of piperidine rings is 1. The molecule has 2 amide bonds. The quantitative estimate of drug-likeness (QED) is 0.357. The van der Waals surface area contributed by atoms with Crippen molar-refractivity contribution >= 4 is 23.6 Å². The molecule has 4 rings (SSSR count). The molecular weight excluding hydrogens is 540 g/mol. The Balaban J connectivity index is 1.42. The number of carbonyl (C=O) groups is 2. The number of fused-ring (bicyclic) bond motifs is 2. The average molecular weight is 587 g/mol. The molecule has 1 aromatic carbocycles. The van der Waals surface area contributed by atoms with Gasteiger partial charge in [0.1, 0.15) is 11.4 Å². The lowest BCUT2D eigenvalue weighted by Gasteiger charge is -2.32. The van der Waals surface area contributed by atoms with Crippen LogP contribution in [0.5, 0.6) is 0 Å². The minimum Gasteiger partial charge on any atom is -0.369 e.